The fourth-order valence-electron chi connectivity index (χ4n) is 4.51. The molecule has 1 atom stereocenters. The minimum absolute atomic E-state index is 0.351. The number of likely N-dealkylation sites (tertiary alicyclic amines) is 1. The fraction of sp³-hybridized carbons (Fsp3) is 0.444. The molecule has 0 spiro atoms. The fourth-order valence-corrected chi connectivity index (χ4v) is 4.51. The van der Waals surface area contributed by atoms with Crippen LogP contribution in [0.15, 0.2) is 48.8 Å². The summed E-state index contributed by atoms with van der Waals surface area (Å²) in [7, 11) is 5.78. The van der Waals surface area contributed by atoms with Crippen molar-refractivity contribution >= 4 is 5.82 Å². The van der Waals surface area contributed by atoms with E-state index in [0.29, 0.717) is 19.1 Å². The average Bonchev–Trinajstić information content (AvgIpc) is 2.86. The van der Waals surface area contributed by atoms with E-state index in [2.05, 4.69) is 34.1 Å². The summed E-state index contributed by atoms with van der Waals surface area (Å²) < 4.78 is 11.3. The van der Waals surface area contributed by atoms with E-state index in [1.165, 1.54) is 11.1 Å². The molecule has 7 nitrogen and oxygen atoms in total. The molecule has 7 heteroatoms. The van der Waals surface area contributed by atoms with Gasteiger partial charge in [0.25, 0.3) is 0 Å². The van der Waals surface area contributed by atoms with Crippen molar-refractivity contribution in [3.63, 3.8) is 0 Å². The van der Waals surface area contributed by atoms with Gasteiger partial charge in [0.05, 0.1) is 18.9 Å². The molecular weight excluding hydrogens is 426 g/mol. The van der Waals surface area contributed by atoms with E-state index in [0.717, 1.165) is 61.1 Å². The van der Waals surface area contributed by atoms with Crippen LogP contribution in [0, 0.1) is 0 Å². The number of pyridine rings is 1. The molecule has 0 radical (unpaired) electrons. The van der Waals surface area contributed by atoms with Crippen LogP contribution in [0.25, 0.3) is 11.4 Å². The van der Waals surface area contributed by atoms with Gasteiger partial charge in [-0.1, -0.05) is 6.07 Å². The molecule has 0 bridgehead atoms. The molecule has 0 aliphatic carbocycles. The van der Waals surface area contributed by atoms with Crippen LogP contribution in [0.1, 0.15) is 42.5 Å². The van der Waals surface area contributed by atoms with Crippen LogP contribution >= 0.6 is 0 Å². The Labute approximate surface area is 202 Å². The maximum atomic E-state index is 5.93. The topological polar surface area (TPSA) is 63.6 Å². The van der Waals surface area contributed by atoms with Gasteiger partial charge in [-0.15, -0.1) is 0 Å². The summed E-state index contributed by atoms with van der Waals surface area (Å²) in [6, 6.07) is 12.5. The number of aromatic nitrogens is 3. The molecule has 180 valence electrons. The van der Waals surface area contributed by atoms with Gasteiger partial charge in [0, 0.05) is 69.8 Å². The monoisotopic (exact) mass is 461 g/mol. The highest BCUT2D eigenvalue weighted by atomic mass is 16.5. The second-order valence-corrected chi connectivity index (χ2v) is 8.99. The number of nitrogens with zero attached hydrogens (tertiary/aromatic N) is 5. The van der Waals surface area contributed by atoms with Crippen molar-refractivity contribution in [1.82, 2.24) is 19.9 Å². The standard InChI is InChI=1S/C27H35N5O2/c1-5-34-25-11-10-20(19-33-4)14-23(25)18-32-13-7-9-22(17-32)24-15-26(31(2)3)30-27(29-24)21-8-6-12-28-16-21/h6,8,10-12,14-16,22H,5,7,9,13,17-19H2,1-4H3/t22-/m0/s1. The molecule has 0 unspecified atom stereocenters. The Morgan fingerprint density at radius 3 is 2.76 bits per heavy atom. The van der Waals surface area contributed by atoms with Gasteiger partial charge in [0.1, 0.15) is 11.6 Å². The summed E-state index contributed by atoms with van der Waals surface area (Å²) in [5.74, 6) is 2.97. The van der Waals surface area contributed by atoms with Gasteiger partial charge >= 0.3 is 0 Å². The molecule has 0 saturated carbocycles. The summed E-state index contributed by atoms with van der Waals surface area (Å²) in [5.41, 5.74) is 4.42. The van der Waals surface area contributed by atoms with Crippen molar-refractivity contribution in [2.24, 2.45) is 0 Å². The molecule has 3 heterocycles. The highest BCUT2D eigenvalue weighted by Crippen LogP contribution is 2.31. The van der Waals surface area contributed by atoms with Crippen LogP contribution in [-0.2, 0) is 17.9 Å². The number of ether oxygens (including phenoxy) is 2. The zero-order valence-corrected chi connectivity index (χ0v) is 20.7. The molecule has 1 saturated heterocycles. The van der Waals surface area contributed by atoms with Crippen LogP contribution in [0.3, 0.4) is 0 Å². The number of anilines is 1. The van der Waals surface area contributed by atoms with Gasteiger partial charge in [-0.25, -0.2) is 9.97 Å². The van der Waals surface area contributed by atoms with E-state index >= 15 is 0 Å². The first-order valence-electron chi connectivity index (χ1n) is 12.0. The van der Waals surface area contributed by atoms with Crippen LogP contribution in [0.4, 0.5) is 5.82 Å². The summed E-state index contributed by atoms with van der Waals surface area (Å²) in [6.07, 6.45) is 5.86. The SMILES string of the molecule is CCOc1ccc(COC)cc1CN1CCC[C@H](c2cc(N(C)C)nc(-c3cccnc3)n2)C1. The minimum atomic E-state index is 0.351. The van der Waals surface area contributed by atoms with Crippen molar-refractivity contribution in [2.45, 2.75) is 38.8 Å². The molecule has 0 amide bonds. The lowest BCUT2D eigenvalue weighted by atomic mass is 9.93. The summed E-state index contributed by atoms with van der Waals surface area (Å²) in [4.78, 5) is 18.6. The first-order valence-corrected chi connectivity index (χ1v) is 12.0. The Balaban J connectivity index is 1.58. The number of rotatable bonds is 9. The predicted molar refractivity (Wildman–Crippen MR) is 135 cm³/mol. The summed E-state index contributed by atoms with van der Waals surface area (Å²) >= 11 is 0. The predicted octanol–water partition coefficient (Wildman–Crippen LogP) is 4.53. The third kappa shape index (κ3) is 5.90. The molecule has 34 heavy (non-hydrogen) atoms. The average molecular weight is 462 g/mol. The Hall–Kier alpha value is -3.03. The van der Waals surface area contributed by atoms with Crippen LogP contribution in [0.5, 0.6) is 5.75 Å². The van der Waals surface area contributed by atoms with Crippen LogP contribution in [-0.4, -0.2) is 60.8 Å². The molecule has 0 N–H and O–H groups in total. The maximum absolute atomic E-state index is 5.93. The number of methoxy groups -OCH3 is 1. The van der Waals surface area contributed by atoms with E-state index in [-0.39, 0.29) is 0 Å². The third-order valence-electron chi connectivity index (χ3n) is 6.16. The Morgan fingerprint density at radius 1 is 1.15 bits per heavy atom. The number of hydrogen-bond donors (Lipinski definition) is 0. The zero-order valence-electron chi connectivity index (χ0n) is 20.7. The van der Waals surface area contributed by atoms with Crippen LogP contribution in [0.2, 0.25) is 0 Å². The van der Waals surface area contributed by atoms with Gasteiger partial charge < -0.3 is 14.4 Å². The first-order chi connectivity index (χ1) is 16.6. The third-order valence-corrected chi connectivity index (χ3v) is 6.16. The largest absolute Gasteiger partial charge is 0.494 e. The van der Waals surface area contributed by atoms with Gasteiger partial charge in [0.15, 0.2) is 5.82 Å². The quantitative estimate of drug-likeness (QED) is 0.464. The Morgan fingerprint density at radius 2 is 2.03 bits per heavy atom. The molecule has 3 aromatic rings. The Bertz CT molecular complexity index is 1070. The lowest BCUT2D eigenvalue weighted by Gasteiger charge is -2.33. The molecule has 4 rings (SSSR count). The van der Waals surface area contributed by atoms with Gasteiger partial charge in [-0.05, 0) is 56.1 Å². The van der Waals surface area contributed by atoms with E-state index in [1.54, 1.807) is 13.3 Å². The second kappa shape index (κ2) is 11.4. The van der Waals surface area contributed by atoms with Crippen molar-refractivity contribution in [3.05, 3.63) is 65.6 Å². The van der Waals surface area contributed by atoms with E-state index in [4.69, 9.17) is 19.4 Å². The second-order valence-electron chi connectivity index (χ2n) is 8.99. The molecule has 1 aromatic carbocycles. The minimum Gasteiger partial charge on any atom is -0.494 e. The molecular formula is C27H35N5O2. The van der Waals surface area contributed by atoms with Gasteiger partial charge in [-0.3, -0.25) is 9.88 Å². The number of benzene rings is 1. The van der Waals surface area contributed by atoms with E-state index < -0.39 is 0 Å². The van der Waals surface area contributed by atoms with E-state index in [9.17, 15) is 0 Å². The summed E-state index contributed by atoms with van der Waals surface area (Å²) in [5, 5.41) is 0. The lowest BCUT2D eigenvalue weighted by Crippen LogP contribution is -2.34. The van der Waals surface area contributed by atoms with Gasteiger partial charge in [0.2, 0.25) is 0 Å². The smallest absolute Gasteiger partial charge is 0.163 e. The molecule has 1 aliphatic heterocycles. The zero-order chi connectivity index (χ0) is 23.9. The summed E-state index contributed by atoms with van der Waals surface area (Å²) in [6.45, 7) is 6.16. The van der Waals surface area contributed by atoms with Gasteiger partial charge in [-0.2, -0.15) is 0 Å². The molecule has 1 aliphatic rings. The maximum Gasteiger partial charge on any atom is 0.163 e. The van der Waals surface area contributed by atoms with E-state index in [1.807, 2.05) is 44.2 Å². The highest BCUT2D eigenvalue weighted by Gasteiger charge is 2.25. The van der Waals surface area contributed by atoms with Crippen LogP contribution < -0.4 is 9.64 Å². The molecule has 2 aromatic heterocycles. The lowest BCUT2D eigenvalue weighted by molar-refractivity contribution is 0.183. The highest BCUT2D eigenvalue weighted by molar-refractivity contribution is 5.56. The molecule has 1 fully saturated rings. The number of piperidine rings is 1. The van der Waals surface area contributed by atoms with Crippen molar-refractivity contribution < 1.29 is 9.47 Å². The van der Waals surface area contributed by atoms with Crippen molar-refractivity contribution in [2.75, 3.05) is 45.8 Å². The number of hydrogen-bond acceptors (Lipinski definition) is 7. The van der Waals surface area contributed by atoms with Crippen molar-refractivity contribution in [3.8, 4) is 17.1 Å². The normalized spacial score (nSPS) is 16.4. The first kappa shape index (κ1) is 24.1. The Kier molecular flexibility index (Phi) is 8.08. The van der Waals surface area contributed by atoms with Crippen molar-refractivity contribution in [1.29, 1.82) is 0 Å².